The number of benzene rings is 1. The lowest BCUT2D eigenvalue weighted by atomic mass is 10.2. The minimum Gasteiger partial charge on any atom is -0.312 e. The van der Waals surface area contributed by atoms with E-state index in [1.54, 1.807) is 4.90 Å². The van der Waals surface area contributed by atoms with Crippen molar-refractivity contribution < 1.29 is 9.59 Å². The number of aryl methyl sites for hydroxylation is 1. The van der Waals surface area contributed by atoms with Crippen LogP contribution in [0.5, 0.6) is 0 Å². The van der Waals surface area contributed by atoms with Crippen LogP contribution in [0.15, 0.2) is 24.3 Å². The van der Waals surface area contributed by atoms with Crippen LogP contribution in [0.4, 0.5) is 4.79 Å². The van der Waals surface area contributed by atoms with Crippen LogP contribution in [0.25, 0.3) is 11.0 Å². The van der Waals surface area contributed by atoms with Gasteiger partial charge < -0.3 is 4.90 Å². The number of para-hydroxylation sites is 2. The minimum absolute atomic E-state index is 0.100. The average Bonchev–Trinajstić information content (AvgIpc) is 3.08. The van der Waals surface area contributed by atoms with E-state index in [0.717, 1.165) is 29.6 Å². The van der Waals surface area contributed by atoms with E-state index in [2.05, 4.69) is 9.97 Å². The van der Waals surface area contributed by atoms with Crippen LogP contribution < -0.4 is 0 Å². The molecule has 2 saturated heterocycles. The van der Waals surface area contributed by atoms with Crippen molar-refractivity contribution in [2.75, 3.05) is 6.54 Å². The molecule has 3 heterocycles. The van der Waals surface area contributed by atoms with Crippen molar-refractivity contribution in [1.29, 1.82) is 0 Å². The Balaban J connectivity index is 1.67. The quantitative estimate of drug-likeness (QED) is 0.793. The standard InChI is InChI=1S/C16H16N4O2/c1-10-13(18-12-6-3-2-5-11(12)17-10)9-20-15(21)14-7-4-8-19(14)16(20)22/h2-3,5-6,14H,4,7-9H2,1H3/t14-/m0/s1. The fourth-order valence-corrected chi connectivity index (χ4v) is 3.25. The highest BCUT2D eigenvalue weighted by Gasteiger charge is 2.47. The molecule has 4 rings (SSSR count). The first-order valence-electron chi connectivity index (χ1n) is 7.49. The van der Waals surface area contributed by atoms with E-state index in [9.17, 15) is 9.59 Å². The molecule has 0 radical (unpaired) electrons. The number of urea groups is 1. The largest absolute Gasteiger partial charge is 0.327 e. The molecule has 6 heteroatoms. The van der Waals surface area contributed by atoms with Crippen LogP contribution in [0, 0.1) is 6.92 Å². The number of hydrogen-bond acceptors (Lipinski definition) is 4. The summed E-state index contributed by atoms with van der Waals surface area (Å²) in [6.07, 6.45) is 1.67. The molecule has 1 aromatic heterocycles. The summed E-state index contributed by atoms with van der Waals surface area (Å²) in [7, 11) is 0. The Morgan fingerprint density at radius 1 is 1.18 bits per heavy atom. The highest BCUT2D eigenvalue weighted by molar-refractivity contribution is 6.04. The monoisotopic (exact) mass is 296 g/mol. The Morgan fingerprint density at radius 2 is 1.91 bits per heavy atom. The van der Waals surface area contributed by atoms with Crippen molar-refractivity contribution in [3.63, 3.8) is 0 Å². The fraction of sp³-hybridized carbons (Fsp3) is 0.375. The van der Waals surface area contributed by atoms with Crippen molar-refractivity contribution in [3.8, 4) is 0 Å². The van der Waals surface area contributed by atoms with Gasteiger partial charge in [-0.15, -0.1) is 0 Å². The summed E-state index contributed by atoms with van der Waals surface area (Å²) < 4.78 is 0. The summed E-state index contributed by atoms with van der Waals surface area (Å²) in [5.74, 6) is -0.100. The highest BCUT2D eigenvalue weighted by Crippen LogP contribution is 2.28. The topological polar surface area (TPSA) is 66.4 Å². The van der Waals surface area contributed by atoms with E-state index in [1.807, 2.05) is 31.2 Å². The van der Waals surface area contributed by atoms with Crippen LogP contribution in [-0.2, 0) is 11.3 Å². The number of imide groups is 1. The second-order valence-electron chi connectivity index (χ2n) is 5.80. The van der Waals surface area contributed by atoms with Gasteiger partial charge in [0.2, 0.25) is 0 Å². The van der Waals surface area contributed by atoms with E-state index in [1.165, 1.54) is 4.90 Å². The third kappa shape index (κ3) is 1.87. The zero-order chi connectivity index (χ0) is 15.3. The van der Waals surface area contributed by atoms with Crippen LogP contribution in [0.1, 0.15) is 24.2 Å². The molecule has 2 aliphatic heterocycles. The molecule has 0 unspecified atom stereocenters. The van der Waals surface area contributed by atoms with Crippen molar-refractivity contribution in [2.45, 2.75) is 32.4 Å². The maximum absolute atomic E-state index is 12.4. The SMILES string of the molecule is Cc1nc2ccccc2nc1CN1C(=O)[C@@H]2CCCN2C1=O. The molecule has 0 saturated carbocycles. The third-order valence-corrected chi connectivity index (χ3v) is 4.43. The van der Waals surface area contributed by atoms with E-state index in [4.69, 9.17) is 0 Å². The number of carbonyl (C=O) groups is 2. The number of fused-ring (bicyclic) bond motifs is 2. The molecule has 2 aliphatic rings. The Labute approximate surface area is 127 Å². The molecular formula is C16H16N4O2. The van der Waals surface area contributed by atoms with E-state index < -0.39 is 0 Å². The summed E-state index contributed by atoms with van der Waals surface area (Å²) in [6, 6.07) is 7.15. The van der Waals surface area contributed by atoms with Gasteiger partial charge in [0.1, 0.15) is 6.04 Å². The van der Waals surface area contributed by atoms with Gasteiger partial charge in [0.15, 0.2) is 0 Å². The van der Waals surface area contributed by atoms with Gasteiger partial charge in [0.05, 0.1) is 29.0 Å². The molecule has 112 valence electrons. The zero-order valence-corrected chi connectivity index (χ0v) is 12.3. The summed E-state index contributed by atoms with van der Waals surface area (Å²) in [4.78, 5) is 36.8. The van der Waals surface area contributed by atoms with Gasteiger partial charge in [-0.1, -0.05) is 12.1 Å². The predicted molar refractivity (Wildman–Crippen MR) is 79.9 cm³/mol. The van der Waals surface area contributed by atoms with Gasteiger partial charge in [-0.05, 0) is 31.9 Å². The molecule has 1 aromatic carbocycles. The van der Waals surface area contributed by atoms with Gasteiger partial charge in [0.25, 0.3) is 5.91 Å². The molecular weight excluding hydrogens is 280 g/mol. The van der Waals surface area contributed by atoms with Crippen LogP contribution >= 0.6 is 0 Å². The van der Waals surface area contributed by atoms with Gasteiger partial charge >= 0.3 is 6.03 Å². The molecule has 3 amide bonds. The molecule has 2 aromatic rings. The van der Waals surface area contributed by atoms with Crippen molar-refractivity contribution >= 4 is 23.0 Å². The number of aromatic nitrogens is 2. The van der Waals surface area contributed by atoms with Gasteiger partial charge in [-0.25, -0.2) is 14.8 Å². The van der Waals surface area contributed by atoms with Crippen LogP contribution in [0.3, 0.4) is 0 Å². The van der Waals surface area contributed by atoms with Crippen molar-refractivity contribution in [3.05, 3.63) is 35.7 Å². The number of hydrogen-bond donors (Lipinski definition) is 0. The Bertz CT molecular complexity index is 767. The summed E-state index contributed by atoms with van der Waals surface area (Å²) >= 11 is 0. The summed E-state index contributed by atoms with van der Waals surface area (Å²) in [5, 5.41) is 0. The second kappa shape index (κ2) is 4.76. The highest BCUT2D eigenvalue weighted by atomic mass is 16.2. The van der Waals surface area contributed by atoms with E-state index in [-0.39, 0.29) is 24.5 Å². The van der Waals surface area contributed by atoms with Gasteiger partial charge in [0, 0.05) is 6.54 Å². The predicted octanol–water partition coefficient (Wildman–Crippen LogP) is 1.86. The maximum atomic E-state index is 12.4. The summed E-state index contributed by atoms with van der Waals surface area (Å²) in [5.41, 5.74) is 3.04. The minimum atomic E-state index is -0.263. The lowest BCUT2D eigenvalue weighted by Crippen LogP contribution is -2.33. The van der Waals surface area contributed by atoms with Crippen molar-refractivity contribution in [1.82, 2.24) is 19.8 Å². The van der Waals surface area contributed by atoms with Crippen LogP contribution in [-0.4, -0.2) is 44.3 Å². The third-order valence-electron chi connectivity index (χ3n) is 4.43. The molecule has 2 fully saturated rings. The first kappa shape index (κ1) is 13.2. The molecule has 0 N–H and O–H groups in total. The molecule has 0 spiro atoms. The Morgan fingerprint density at radius 3 is 2.64 bits per heavy atom. The number of rotatable bonds is 2. The van der Waals surface area contributed by atoms with E-state index >= 15 is 0 Å². The fourth-order valence-electron chi connectivity index (χ4n) is 3.25. The summed E-state index contributed by atoms with van der Waals surface area (Å²) in [6.45, 7) is 2.74. The number of carbonyl (C=O) groups excluding carboxylic acids is 2. The maximum Gasteiger partial charge on any atom is 0.327 e. The van der Waals surface area contributed by atoms with Crippen LogP contribution in [0.2, 0.25) is 0 Å². The van der Waals surface area contributed by atoms with E-state index in [0.29, 0.717) is 12.2 Å². The molecule has 22 heavy (non-hydrogen) atoms. The average molecular weight is 296 g/mol. The normalized spacial score (nSPS) is 21.0. The second-order valence-corrected chi connectivity index (χ2v) is 5.80. The Hall–Kier alpha value is -2.50. The lowest BCUT2D eigenvalue weighted by Gasteiger charge is -2.16. The first-order chi connectivity index (χ1) is 10.6. The number of amides is 3. The Kier molecular flexibility index (Phi) is 2.85. The first-order valence-corrected chi connectivity index (χ1v) is 7.49. The molecule has 0 bridgehead atoms. The zero-order valence-electron chi connectivity index (χ0n) is 12.3. The number of nitrogens with zero attached hydrogens (tertiary/aromatic N) is 4. The molecule has 1 atom stereocenters. The van der Waals surface area contributed by atoms with Gasteiger partial charge in [-0.3, -0.25) is 9.69 Å². The van der Waals surface area contributed by atoms with Gasteiger partial charge in [-0.2, -0.15) is 0 Å². The van der Waals surface area contributed by atoms with Crippen molar-refractivity contribution in [2.24, 2.45) is 0 Å². The molecule has 0 aliphatic carbocycles. The lowest BCUT2D eigenvalue weighted by molar-refractivity contribution is -0.128. The molecule has 6 nitrogen and oxygen atoms in total. The smallest absolute Gasteiger partial charge is 0.312 e.